The van der Waals surface area contributed by atoms with Crippen LogP contribution in [0.2, 0.25) is 0 Å². The van der Waals surface area contributed by atoms with Crippen molar-refractivity contribution in [1.29, 1.82) is 0 Å². The summed E-state index contributed by atoms with van der Waals surface area (Å²) >= 11 is 0. The lowest BCUT2D eigenvalue weighted by atomic mass is 10.1. The average molecular weight is 369 g/mol. The molecule has 142 valence electrons. The number of hydrogen-bond acceptors (Lipinski definition) is 5. The molecule has 3 rings (SSSR count). The van der Waals surface area contributed by atoms with Crippen LogP contribution in [0.15, 0.2) is 57.6 Å². The summed E-state index contributed by atoms with van der Waals surface area (Å²) in [5.41, 5.74) is 1.09. The van der Waals surface area contributed by atoms with E-state index in [1.54, 1.807) is 18.4 Å². The summed E-state index contributed by atoms with van der Waals surface area (Å²) < 4.78 is 10.9. The predicted molar refractivity (Wildman–Crippen MR) is 99.7 cm³/mol. The number of quaternary nitrogens is 1. The fourth-order valence-electron chi connectivity index (χ4n) is 2.98. The molecular formula is C20H25N4O3+. The number of amides is 1. The summed E-state index contributed by atoms with van der Waals surface area (Å²) in [6.07, 6.45) is 2.52. The molecule has 0 aliphatic heterocycles. The first-order valence-electron chi connectivity index (χ1n) is 9.20. The second-order valence-electron chi connectivity index (χ2n) is 6.53. The Bertz CT molecular complexity index is 830. The van der Waals surface area contributed by atoms with Crippen LogP contribution in [-0.4, -0.2) is 29.2 Å². The number of furan rings is 1. The number of benzene rings is 1. The molecular weight excluding hydrogens is 344 g/mol. The van der Waals surface area contributed by atoms with Crippen molar-refractivity contribution in [2.45, 2.75) is 32.9 Å². The molecule has 3 aromatic rings. The van der Waals surface area contributed by atoms with Crippen molar-refractivity contribution in [2.75, 3.05) is 13.1 Å². The van der Waals surface area contributed by atoms with Crippen LogP contribution in [0, 0.1) is 0 Å². The van der Waals surface area contributed by atoms with Gasteiger partial charge >= 0.3 is 0 Å². The maximum Gasteiger partial charge on any atom is 0.283 e. The van der Waals surface area contributed by atoms with Gasteiger partial charge < -0.3 is 19.1 Å². The number of aromatic nitrogens is 2. The molecule has 0 radical (unpaired) electrons. The minimum atomic E-state index is -0.0319. The Morgan fingerprint density at radius 3 is 2.70 bits per heavy atom. The van der Waals surface area contributed by atoms with Crippen molar-refractivity contribution in [1.82, 2.24) is 15.5 Å². The van der Waals surface area contributed by atoms with Crippen molar-refractivity contribution in [2.24, 2.45) is 0 Å². The van der Waals surface area contributed by atoms with Gasteiger partial charge in [0.05, 0.1) is 18.8 Å². The number of nitrogens with one attached hydrogen (secondary N) is 2. The Kier molecular flexibility index (Phi) is 6.38. The van der Waals surface area contributed by atoms with Gasteiger partial charge in [-0.3, -0.25) is 4.79 Å². The predicted octanol–water partition coefficient (Wildman–Crippen LogP) is 2.00. The smallest absolute Gasteiger partial charge is 0.283 e. The number of hydrogen-bond donors (Lipinski definition) is 2. The van der Waals surface area contributed by atoms with Crippen molar-refractivity contribution in [3.8, 4) is 11.7 Å². The number of nitrogens with zero attached hydrogens (tertiary/aromatic N) is 2. The maximum atomic E-state index is 12.5. The van der Waals surface area contributed by atoms with Crippen LogP contribution < -0.4 is 10.2 Å². The van der Waals surface area contributed by atoms with E-state index < -0.39 is 0 Å². The van der Waals surface area contributed by atoms with Gasteiger partial charge in [-0.05, 0) is 31.0 Å². The van der Waals surface area contributed by atoms with Gasteiger partial charge in [0.25, 0.3) is 17.7 Å². The molecule has 0 aliphatic carbocycles. The van der Waals surface area contributed by atoms with E-state index in [2.05, 4.69) is 22.4 Å². The van der Waals surface area contributed by atoms with E-state index >= 15 is 0 Å². The lowest BCUT2D eigenvalue weighted by Gasteiger charge is -2.19. The number of carbonyl (C=O) groups is 1. The highest BCUT2D eigenvalue weighted by atomic mass is 16.4. The zero-order valence-electron chi connectivity index (χ0n) is 15.6. The summed E-state index contributed by atoms with van der Waals surface area (Å²) in [5, 5.41) is 11.2. The Morgan fingerprint density at radius 2 is 2.00 bits per heavy atom. The first-order chi connectivity index (χ1) is 13.2. The summed E-state index contributed by atoms with van der Waals surface area (Å²) in [6, 6.07) is 13.4. The van der Waals surface area contributed by atoms with Crippen molar-refractivity contribution >= 4 is 5.91 Å². The molecule has 0 bridgehead atoms. The molecule has 2 N–H and O–H groups in total. The molecule has 1 aromatic carbocycles. The van der Waals surface area contributed by atoms with E-state index in [4.69, 9.17) is 8.83 Å². The van der Waals surface area contributed by atoms with E-state index in [0.717, 1.165) is 23.4 Å². The molecule has 2 heterocycles. The molecule has 0 spiro atoms. The van der Waals surface area contributed by atoms with E-state index in [9.17, 15) is 4.79 Å². The van der Waals surface area contributed by atoms with Crippen molar-refractivity contribution in [3.05, 3.63) is 60.2 Å². The molecule has 0 aliphatic rings. The first-order valence-corrected chi connectivity index (χ1v) is 9.20. The maximum absolute atomic E-state index is 12.5. The highest BCUT2D eigenvalue weighted by Gasteiger charge is 2.20. The van der Waals surface area contributed by atoms with E-state index in [0.29, 0.717) is 30.6 Å². The van der Waals surface area contributed by atoms with Crippen molar-refractivity contribution in [3.63, 3.8) is 0 Å². The largest absolute Gasteiger partial charge is 0.459 e. The number of rotatable bonds is 9. The molecule has 27 heavy (non-hydrogen) atoms. The van der Waals surface area contributed by atoms with Crippen LogP contribution in [0.1, 0.15) is 37.8 Å². The third kappa shape index (κ3) is 5.27. The lowest BCUT2D eigenvalue weighted by Crippen LogP contribution is -3.12. The highest BCUT2D eigenvalue weighted by Crippen LogP contribution is 2.17. The quantitative estimate of drug-likeness (QED) is 0.603. The summed E-state index contributed by atoms with van der Waals surface area (Å²) in [4.78, 5) is 13.6. The molecule has 2 atom stereocenters. The SMILES string of the molecule is CCC[NH+](CC(=O)N[C@H](C)c1ccccc1)Cc1nnc(-c2ccco2)o1. The second-order valence-corrected chi connectivity index (χ2v) is 6.53. The van der Waals surface area contributed by atoms with Gasteiger partial charge in [-0.2, -0.15) is 0 Å². The standard InChI is InChI=1S/C20H24N4O3/c1-3-11-24(13-18(25)21-15(2)16-8-5-4-6-9-16)14-19-22-23-20(27-19)17-10-7-12-26-17/h4-10,12,15H,3,11,13-14H2,1-2H3,(H,21,25)/p+1/t15-/m1/s1. The monoisotopic (exact) mass is 369 g/mol. The van der Waals surface area contributed by atoms with Crippen LogP contribution in [0.3, 0.4) is 0 Å². The average Bonchev–Trinajstić information content (AvgIpc) is 3.34. The van der Waals surface area contributed by atoms with Gasteiger partial charge in [0.15, 0.2) is 18.8 Å². The van der Waals surface area contributed by atoms with E-state index in [1.807, 2.05) is 37.3 Å². The Labute approximate surface area is 158 Å². The van der Waals surface area contributed by atoms with Crippen LogP contribution in [0.25, 0.3) is 11.7 Å². The minimum Gasteiger partial charge on any atom is -0.459 e. The highest BCUT2D eigenvalue weighted by molar-refractivity contribution is 5.77. The fraction of sp³-hybridized carbons (Fsp3) is 0.350. The molecule has 0 fully saturated rings. The minimum absolute atomic E-state index is 0.000534. The summed E-state index contributed by atoms with van der Waals surface area (Å²) in [6.45, 7) is 5.76. The molecule has 2 aromatic heterocycles. The Balaban J connectivity index is 1.58. The first kappa shape index (κ1) is 18.8. The molecule has 0 saturated heterocycles. The Hall–Kier alpha value is -2.93. The number of carbonyl (C=O) groups excluding carboxylic acids is 1. The molecule has 1 amide bonds. The molecule has 0 saturated carbocycles. The van der Waals surface area contributed by atoms with E-state index in [1.165, 1.54) is 0 Å². The van der Waals surface area contributed by atoms with Gasteiger partial charge in [0, 0.05) is 0 Å². The van der Waals surface area contributed by atoms with Gasteiger partial charge in [-0.15, -0.1) is 10.2 Å². The fourth-order valence-corrected chi connectivity index (χ4v) is 2.98. The van der Waals surface area contributed by atoms with Crippen LogP contribution >= 0.6 is 0 Å². The third-order valence-electron chi connectivity index (χ3n) is 4.29. The van der Waals surface area contributed by atoms with Gasteiger partial charge in [-0.25, -0.2) is 0 Å². The molecule has 7 nitrogen and oxygen atoms in total. The molecule has 7 heteroatoms. The van der Waals surface area contributed by atoms with E-state index in [-0.39, 0.29) is 11.9 Å². The van der Waals surface area contributed by atoms with Gasteiger partial charge in [-0.1, -0.05) is 37.3 Å². The Morgan fingerprint density at radius 1 is 1.19 bits per heavy atom. The lowest BCUT2D eigenvalue weighted by molar-refractivity contribution is -0.907. The third-order valence-corrected chi connectivity index (χ3v) is 4.29. The molecule has 1 unspecified atom stereocenters. The topological polar surface area (TPSA) is 85.6 Å². The van der Waals surface area contributed by atoms with Crippen LogP contribution in [0.4, 0.5) is 0 Å². The van der Waals surface area contributed by atoms with Gasteiger partial charge in [0.1, 0.15) is 0 Å². The summed E-state index contributed by atoms with van der Waals surface area (Å²) in [7, 11) is 0. The normalized spacial score (nSPS) is 13.3. The van der Waals surface area contributed by atoms with Crippen LogP contribution in [0.5, 0.6) is 0 Å². The van der Waals surface area contributed by atoms with Crippen LogP contribution in [-0.2, 0) is 11.3 Å². The summed E-state index contributed by atoms with van der Waals surface area (Å²) in [5.74, 6) is 1.39. The zero-order chi connectivity index (χ0) is 19.1. The zero-order valence-corrected chi connectivity index (χ0v) is 15.6. The van der Waals surface area contributed by atoms with Gasteiger partial charge in [0.2, 0.25) is 0 Å². The second kappa shape index (κ2) is 9.14. The van der Waals surface area contributed by atoms with Crippen molar-refractivity contribution < 1.29 is 18.5 Å².